The van der Waals surface area contributed by atoms with Crippen LogP contribution in [-0.2, 0) is 11.3 Å². The molecule has 0 heterocycles. The van der Waals surface area contributed by atoms with E-state index >= 15 is 0 Å². The molecule has 1 amide bonds. The molecule has 5 heteroatoms. The van der Waals surface area contributed by atoms with E-state index < -0.39 is 0 Å². The number of rotatable bonds is 8. The van der Waals surface area contributed by atoms with E-state index in [1.807, 2.05) is 50.2 Å². The van der Waals surface area contributed by atoms with Gasteiger partial charge in [-0.25, -0.2) is 0 Å². The summed E-state index contributed by atoms with van der Waals surface area (Å²) in [6, 6.07) is 11.6. The first kappa shape index (κ1) is 17.7. The standard InChI is InChI=1S/C17H23N3O2/c1-14(2)11-19-17(22)16(10-18)13-20(8-9-21)12-15-6-4-3-5-7-15/h3-7,13-14,21H,8-9,11-12H2,1-2H3,(H,19,22)/b16-13-. The molecule has 0 radical (unpaired) electrons. The van der Waals surface area contributed by atoms with Crippen LogP contribution in [0, 0.1) is 17.2 Å². The molecule has 0 saturated carbocycles. The van der Waals surface area contributed by atoms with Gasteiger partial charge in [0.05, 0.1) is 6.61 Å². The lowest BCUT2D eigenvalue weighted by Gasteiger charge is -2.20. The van der Waals surface area contributed by atoms with Crippen molar-refractivity contribution in [3.05, 3.63) is 47.7 Å². The van der Waals surface area contributed by atoms with E-state index in [9.17, 15) is 10.1 Å². The van der Waals surface area contributed by atoms with E-state index in [1.54, 1.807) is 4.90 Å². The Hall–Kier alpha value is -2.32. The molecule has 1 rings (SSSR count). The third-order valence-corrected chi connectivity index (χ3v) is 2.96. The molecule has 0 saturated heterocycles. The van der Waals surface area contributed by atoms with Gasteiger partial charge in [0.25, 0.3) is 5.91 Å². The lowest BCUT2D eigenvalue weighted by Crippen LogP contribution is -2.30. The maximum atomic E-state index is 12.0. The van der Waals surface area contributed by atoms with Gasteiger partial charge in [0.15, 0.2) is 0 Å². The van der Waals surface area contributed by atoms with Crippen LogP contribution in [0.2, 0.25) is 0 Å². The van der Waals surface area contributed by atoms with Crippen LogP contribution in [0.1, 0.15) is 19.4 Å². The first-order valence-electron chi connectivity index (χ1n) is 7.35. The van der Waals surface area contributed by atoms with Crippen molar-refractivity contribution in [2.75, 3.05) is 19.7 Å². The first-order valence-corrected chi connectivity index (χ1v) is 7.35. The van der Waals surface area contributed by atoms with Gasteiger partial charge < -0.3 is 15.3 Å². The molecule has 2 N–H and O–H groups in total. The van der Waals surface area contributed by atoms with Crippen molar-refractivity contribution < 1.29 is 9.90 Å². The molecule has 0 unspecified atom stereocenters. The molecule has 5 nitrogen and oxygen atoms in total. The van der Waals surface area contributed by atoms with Gasteiger partial charge in [-0.3, -0.25) is 4.79 Å². The minimum atomic E-state index is -0.382. The predicted molar refractivity (Wildman–Crippen MR) is 85.5 cm³/mol. The second kappa shape index (κ2) is 9.59. The fourth-order valence-electron chi connectivity index (χ4n) is 1.85. The fraction of sp³-hybridized carbons (Fsp3) is 0.412. The Morgan fingerprint density at radius 3 is 2.64 bits per heavy atom. The Kier molecular flexibility index (Phi) is 7.73. The van der Waals surface area contributed by atoms with Gasteiger partial charge in [-0.2, -0.15) is 5.26 Å². The summed E-state index contributed by atoms with van der Waals surface area (Å²) in [5.74, 6) is -0.0612. The fourth-order valence-corrected chi connectivity index (χ4v) is 1.85. The average molecular weight is 301 g/mol. The van der Waals surface area contributed by atoms with Gasteiger partial charge in [0.2, 0.25) is 0 Å². The van der Waals surface area contributed by atoms with Gasteiger partial charge >= 0.3 is 0 Å². The zero-order valence-corrected chi connectivity index (χ0v) is 13.1. The first-order chi connectivity index (χ1) is 10.6. The summed E-state index contributed by atoms with van der Waals surface area (Å²) in [6.45, 7) is 5.35. The van der Waals surface area contributed by atoms with Crippen LogP contribution < -0.4 is 5.32 Å². The highest BCUT2D eigenvalue weighted by atomic mass is 16.3. The second-order valence-corrected chi connectivity index (χ2v) is 5.44. The summed E-state index contributed by atoms with van der Waals surface area (Å²) in [5, 5.41) is 21.1. The van der Waals surface area contributed by atoms with Crippen molar-refractivity contribution in [2.24, 2.45) is 5.92 Å². The summed E-state index contributed by atoms with van der Waals surface area (Å²) >= 11 is 0. The summed E-state index contributed by atoms with van der Waals surface area (Å²) in [5.41, 5.74) is 1.09. The topological polar surface area (TPSA) is 76.4 Å². The lowest BCUT2D eigenvalue weighted by molar-refractivity contribution is -0.117. The molecule has 118 valence electrons. The minimum absolute atomic E-state index is 0.0460. The summed E-state index contributed by atoms with van der Waals surface area (Å²) in [7, 11) is 0. The van der Waals surface area contributed by atoms with E-state index in [1.165, 1.54) is 6.20 Å². The number of carbonyl (C=O) groups is 1. The largest absolute Gasteiger partial charge is 0.395 e. The highest BCUT2D eigenvalue weighted by Gasteiger charge is 2.11. The third-order valence-electron chi connectivity index (χ3n) is 2.96. The second-order valence-electron chi connectivity index (χ2n) is 5.44. The van der Waals surface area contributed by atoms with Gasteiger partial charge in [0.1, 0.15) is 11.6 Å². The van der Waals surface area contributed by atoms with Crippen molar-refractivity contribution in [2.45, 2.75) is 20.4 Å². The highest BCUT2D eigenvalue weighted by Crippen LogP contribution is 2.07. The summed E-state index contributed by atoms with van der Waals surface area (Å²) in [4.78, 5) is 13.7. The third kappa shape index (κ3) is 6.42. The maximum absolute atomic E-state index is 12.0. The number of aliphatic hydroxyl groups is 1. The molecule has 0 aromatic heterocycles. The summed E-state index contributed by atoms with van der Waals surface area (Å²) < 4.78 is 0. The number of nitriles is 1. The Morgan fingerprint density at radius 2 is 2.09 bits per heavy atom. The predicted octanol–water partition coefficient (Wildman–Crippen LogP) is 1.66. The Morgan fingerprint density at radius 1 is 1.41 bits per heavy atom. The van der Waals surface area contributed by atoms with Crippen molar-refractivity contribution in [1.29, 1.82) is 5.26 Å². The molecule has 0 aliphatic carbocycles. The molecular weight excluding hydrogens is 278 g/mol. The normalized spacial score (nSPS) is 11.1. The molecule has 0 aliphatic heterocycles. The Labute approximate surface area is 131 Å². The van der Waals surface area contributed by atoms with Crippen LogP contribution in [0.4, 0.5) is 0 Å². The number of carbonyl (C=O) groups excluding carboxylic acids is 1. The highest BCUT2D eigenvalue weighted by molar-refractivity contribution is 5.97. The molecule has 1 aromatic rings. The monoisotopic (exact) mass is 301 g/mol. The number of hydrogen-bond donors (Lipinski definition) is 2. The van der Waals surface area contributed by atoms with Gasteiger partial charge in [0, 0.05) is 25.8 Å². The lowest BCUT2D eigenvalue weighted by atomic mass is 10.2. The Bertz CT molecular complexity index is 533. The number of nitrogens with one attached hydrogen (secondary N) is 1. The van der Waals surface area contributed by atoms with E-state index in [0.717, 1.165) is 5.56 Å². The smallest absolute Gasteiger partial charge is 0.263 e. The Balaban J connectivity index is 2.80. The maximum Gasteiger partial charge on any atom is 0.263 e. The zero-order valence-electron chi connectivity index (χ0n) is 13.1. The molecule has 0 fully saturated rings. The zero-order chi connectivity index (χ0) is 16.4. The van der Waals surface area contributed by atoms with E-state index in [-0.39, 0.29) is 18.1 Å². The number of nitrogens with zero attached hydrogens (tertiary/aromatic N) is 2. The molecule has 0 bridgehead atoms. The number of benzene rings is 1. The van der Waals surface area contributed by atoms with Crippen LogP contribution in [-0.4, -0.2) is 35.6 Å². The van der Waals surface area contributed by atoms with Crippen molar-refractivity contribution in [3.8, 4) is 6.07 Å². The SMILES string of the molecule is CC(C)CNC(=O)/C(C#N)=C\N(CCO)Cc1ccccc1. The van der Waals surface area contributed by atoms with E-state index in [0.29, 0.717) is 25.6 Å². The van der Waals surface area contributed by atoms with Crippen molar-refractivity contribution >= 4 is 5.91 Å². The number of aliphatic hydroxyl groups excluding tert-OH is 1. The number of hydrogen-bond acceptors (Lipinski definition) is 4. The van der Waals surface area contributed by atoms with Crippen molar-refractivity contribution in [3.63, 3.8) is 0 Å². The minimum Gasteiger partial charge on any atom is -0.395 e. The quantitative estimate of drug-likeness (QED) is 0.565. The molecule has 22 heavy (non-hydrogen) atoms. The molecule has 0 atom stereocenters. The van der Waals surface area contributed by atoms with Crippen molar-refractivity contribution in [1.82, 2.24) is 10.2 Å². The molecular formula is C17H23N3O2. The van der Waals surface area contributed by atoms with Gasteiger partial charge in [-0.15, -0.1) is 0 Å². The molecule has 0 aliphatic rings. The molecule has 1 aromatic carbocycles. The summed E-state index contributed by atoms with van der Waals surface area (Å²) in [6.07, 6.45) is 1.51. The van der Waals surface area contributed by atoms with Crippen LogP contribution in [0.25, 0.3) is 0 Å². The van der Waals surface area contributed by atoms with Crippen LogP contribution in [0.3, 0.4) is 0 Å². The van der Waals surface area contributed by atoms with E-state index in [4.69, 9.17) is 5.11 Å². The van der Waals surface area contributed by atoms with Crippen LogP contribution in [0.15, 0.2) is 42.1 Å². The average Bonchev–Trinajstić information content (AvgIpc) is 2.51. The van der Waals surface area contributed by atoms with Crippen LogP contribution in [0.5, 0.6) is 0 Å². The van der Waals surface area contributed by atoms with Gasteiger partial charge in [-0.05, 0) is 11.5 Å². The van der Waals surface area contributed by atoms with Gasteiger partial charge in [-0.1, -0.05) is 44.2 Å². The number of amides is 1. The van der Waals surface area contributed by atoms with E-state index in [2.05, 4.69) is 5.32 Å². The van der Waals surface area contributed by atoms with Crippen LogP contribution >= 0.6 is 0 Å². The molecule has 0 spiro atoms.